The average Bonchev–Trinajstić information content (AvgIpc) is 2.97. The Labute approximate surface area is 148 Å². The van der Waals surface area contributed by atoms with E-state index in [1.54, 1.807) is 0 Å². The van der Waals surface area contributed by atoms with Crippen molar-refractivity contribution in [1.82, 2.24) is 0 Å². The monoisotopic (exact) mass is 344 g/mol. The molecule has 5 heteroatoms. The van der Waals surface area contributed by atoms with Crippen LogP contribution in [0.4, 0.5) is 0 Å². The molecule has 4 atom stereocenters. The standard InChI is InChI=1S/C20H24O5/c1-22-20-18(21)19(24-13-16-10-6-3-7-11-16)17(25-20)14-23-12-15-8-4-2-5-9-15/h2-11,17-21H,12-14H2,1H3/t17-,18+,19?,20?/m1/s1. The van der Waals surface area contributed by atoms with Crippen LogP contribution in [-0.2, 0) is 32.2 Å². The zero-order valence-electron chi connectivity index (χ0n) is 14.3. The number of methoxy groups -OCH3 is 1. The Morgan fingerprint density at radius 2 is 1.52 bits per heavy atom. The molecule has 5 nitrogen and oxygen atoms in total. The van der Waals surface area contributed by atoms with Gasteiger partial charge in [0.25, 0.3) is 0 Å². The molecule has 2 aromatic rings. The van der Waals surface area contributed by atoms with E-state index in [4.69, 9.17) is 18.9 Å². The first-order chi connectivity index (χ1) is 12.3. The van der Waals surface area contributed by atoms with Crippen LogP contribution in [0, 0.1) is 0 Å². The summed E-state index contributed by atoms with van der Waals surface area (Å²) in [4.78, 5) is 0. The first kappa shape index (κ1) is 18.0. The van der Waals surface area contributed by atoms with Gasteiger partial charge in [-0.2, -0.15) is 0 Å². The first-order valence-electron chi connectivity index (χ1n) is 8.41. The SMILES string of the molecule is COC1O[C@H](COCc2ccccc2)C(OCc2ccccc2)[C@@H]1O. The number of hydrogen-bond acceptors (Lipinski definition) is 5. The minimum absolute atomic E-state index is 0.325. The molecule has 0 radical (unpaired) electrons. The highest BCUT2D eigenvalue weighted by Gasteiger charge is 2.44. The molecule has 1 aliphatic rings. The fraction of sp³-hybridized carbons (Fsp3) is 0.400. The van der Waals surface area contributed by atoms with Crippen LogP contribution in [0.2, 0.25) is 0 Å². The number of aliphatic hydroxyl groups excluding tert-OH is 1. The van der Waals surface area contributed by atoms with Gasteiger partial charge in [0.1, 0.15) is 18.3 Å². The molecule has 2 unspecified atom stereocenters. The van der Waals surface area contributed by atoms with Gasteiger partial charge in [0.15, 0.2) is 6.29 Å². The number of aliphatic hydroxyl groups is 1. The van der Waals surface area contributed by atoms with E-state index in [-0.39, 0.29) is 6.10 Å². The van der Waals surface area contributed by atoms with Gasteiger partial charge in [-0.05, 0) is 11.1 Å². The lowest BCUT2D eigenvalue weighted by atomic mass is 10.1. The van der Waals surface area contributed by atoms with Crippen molar-refractivity contribution in [2.45, 2.75) is 37.8 Å². The number of hydrogen-bond donors (Lipinski definition) is 1. The highest BCUT2D eigenvalue weighted by molar-refractivity contribution is 5.14. The van der Waals surface area contributed by atoms with E-state index in [1.807, 2.05) is 60.7 Å². The quantitative estimate of drug-likeness (QED) is 0.797. The van der Waals surface area contributed by atoms with Crippen LogP contribution in [0.25, 0.3) is 0 Å². The van der Waals surface area contributed by atoms with Crippen LogP contribution in [0.15, 0.2) is 60.7 Å². The smallest absolute Gasteiger partial charge is 0.186 e. The van der Waals surface area contributed by atoms with E-state index in [2.05, 4.69) is 0 Å². The van der Waals surface area contributed by atoms with Crippen molar-refractivity contribution in [3.63, 3.8) is 0 Å². The Bertz CT molecular complexity index is 618. The molecule has 0 bridgehead atoms. The van der Waals surface area contributed by atoms with Crippen molar-refractivity contribution in [2.75, 3.05) is 13.7 Å². The molecule has 1 N–H and O–H groups in total. The van der Waals surface area contributed by atoms with Crippen LogP contribution >= 0.6 is 0 Å². The molecule has 0 spiro atoms. The maximum absolute atomic E-state index is 10.4. The molecular formula is C20H24O5. The maximum Gasteiger partial charge on any atom is 0.186 e. The number of benzene rings is 2. The third kappa shape index (κ3) is 4.87. The highest BCUT2D eigenvalue weighted by atomic mass is 16.7. The summed E-state index contributed by atoms with van der Waals surface area (Å²) in [5.74, 6) is 0. The van der Waals surface area contributed by atoms with E-state index in [0.29, 0.717) is 19.8 Å². The van der Waals surface area contributed by atoms with Gasteiger partial charge >= 0.3 is 0 Å². The average molecular weight is 344 g/mol. The predicted octanol–water partition coefficient (Wildman–Crippen LogP) is 2.52. The number of ether oxygens (including phenoxy) is 4. The highest BCUT2D eigenvalue weighted by Crippen LogP contribution is 2.26. The summed E-state index contributed by atoms with van der Waals surface area (Å²) >= 11 is 0. The summed E-state index contributed by atoms with van der Waals surface area (Å²) < 4.78 is 22.6. The zero-order valence-corrected chi connectivity index (χ0v) is 14.3. The molecule has 134 valence electrons. The lowest BCUT2D eigenvalue weighted by Gasteiger charge is -2.20. The molecule has 25 heavy (non-hydrogen) atoms. The molecule has 0 amide bonds. The van der Waals surface area contributed by atoms with Crippen LogP contribution in [-0.4, -0.2) is 43.4 Å². The summed E-state index contributed by atoms with van der Waals surface area (Å²) in [6, 6.07) is 19.8. The molecule has 0 aromatic heterocycles. The molecular weight excluding hydrogens is 320 g/mol. The second-order valence-corrected chi connectivity index (χ2v) is 6.03. The topological polar surface area (TPSA) is 57.2 Å². The predicted molar refractivity (Wildman–Crippen MR) is 92.8 cm³/mol. The first-order valence-corrected chi connectivity index (χ1v) is 8.41. The largest absolute Gasteiger partial charge is 0.385 e. The molecule has 1 fully saturated rings. The molecule has 1 aliphatic heterocycles. The minimum Gasteiger partial charge on any atom is -0.385 e. The molecule has 1 heterocycles. The fourth-order valence-electron chi connectivity index (χ4n) is 2.87. The maximum atomic E-state index is 10.4. The van der Waals surface area contributed by atoms with Gasteiger partial charge < -0.3 is 24.1 Å². The van der Waals surface area contributed by atoms with Crippen LogP contribution in [0.1, 0.15) is 11.1 Å². The van der Waals surface area contributed by atoms with Crippen molar-refractivity contribution < 1.29 is 24.1 Å². The van der Waals surface area contributed by atoms with Gasteiger partial charge in [0.2, 0.25) is 0 Å². The van der Waals surface area contributed by atoms with E-state index in [1.165, 1.54) is 7.11 Å². The normalized spacial score (nSPS) is 26.0. The Morgan fingerprint density at radius 1 is 0.920 bits per heavy atom. The van der Waals surface area contributed by atoms with Gasteiger partial charge in [-0.1, -0.05) is 60.7 Å². The molecule has 0 saturated carbocycles. The van der Waals surface area contributed by atoms with Gasteiger partial charge in [-0.15, -0.1) is 0 Å². The summed E-state index contributed by atoms with van der Waals surface area (Å²) in [6.07, 6.45) is -2.43. The second kappa shape index (κ2) is 9.08. The third-order valence-corrected chi connectivity index (χ3v) is 4.20. The molecule has 3 rings (SSSR count). The molecule has 0 aliphatic carbocycles. The Balaban J connectivity index is 1.55. The van der Waals surface area contributed by atoms with Crippen molar-refractivity contribution in [1.29, 1.82) is 0 Å². The lowest BCUT2D eigenvalue weighted by Crippen LogP contribution is -2.37. The minimum atomic E-state index is -0.848. The van der Waals surface area contributed by atoms with Gasteiger partial charge in [0, 0.05) is 7.11 Å². The second-order valence-electron chi connectivity index (χ2n) is 6.03. The van der Waals surface area contributed by atoms with Crippen molar-refractivity contribution in [2.24, 2.45) is 0 Å². The van der Waals surface area contributed by atoms with Gasteiger partial charge in [0.05, 0.1) is 19.8 Å². The van der Waals surface area contributed by atoms with Crippen molar-refractivity contribution in [3.8, 4) is 0 Å². The van der Waals surface area contributed by atoms with E-state index in [0.717, 1.165) is 11.1 Å². The Morgan fingerprint density at radius 3 is 2.12 bits per heavy atom. The fourth-order valence-corrected chi connectivity index (χ4v) is 2.87. The summed E-state index contributed by atoms with van der Waals surface area (Å²) in [6.45, 7) is 1.21. The molecule has 1 saturated heterocycles. The summed E-state index contributed by atoms with van der Waals surface area (Å²) in [5.41, 5.74) is 2.13. The van der Waals surface area contributed by atoms with Gasteiger partial charge in [-0.3, -0.25) is 0 Å². The molecule has 2 aromatic carbocycles. The van der Waals surface area contributed by atoms with E-state index < -0.39 is 18.5 Å². The number of rotatable bonds is 8. The van der Waals surface area contributed by atoms with E-state index >= 15 is 0 Å². The Hall–Kier alpha value is -1.76. The van der Waals surface area contributed by atoms with Crippen LogP contribution in [0.3, 0.4) is 0 Å². The van der Waals surface area contributed by atoms with Crippen molar-refractivity contribution in [3.05, 3.63) is 71.8 Å². The van der Waals surface area contributed by atoms with E-state index in [9.17, 15) is 5.11 Å². The zero-order chi connectivity index (χ0) is 17.5. The van der Waals surface area contributed by atoms with Crippen molar-refractivity contribution >= 4 is 0 Å². The lowest BCUT2D eigenvalue weighted by molar-refractivity contribution is -0.156. The van der Waals surface area contributed by atoms with Gasteiger partial charge in [-0.25, -0.2) is 0 Å². The van der Waals surface area contributed by atoms with Crippen LogP contribution in [0.5, 0.6) is 0 Å². The third-order valence-electron chi connectivity index (χ3n) is 4.20. The summed E-state index contributed by atoms with van der Waals surface area (Å²) in [5, 5.41) is 10.4. The van der Waals surface area contributed by atoms with Crippen LogP contribution < -0.4 is 0 Å². The summed E-state index contributed by atoms with van der Waals surface area (Å²) in [7, 11) is 1.51. The Kier molecular flexibility index (Phi) is 6.55.